The molecule has 0 spiro atoms. The highest BCUT2D eigenvalue weighted by Gasteiger charge is 2.47. The zero-order valence-corrected chi connectivity index (χ0v) is 15.1. The standard InChI is InChI=1S/C21H20FN3O/c1-13-4-7-17(8-5-13)21(22)11-25(12-21)20(26)16-6-9-18-19(10-16)24-15(3)14(2)23-18/h4-10H,11-12H2,1-3H3. The maximum absolute atomic E-state index is 15.0. The summed E-state index contributed by atoms with van der Waals surface area (Å²) < 4.78 is 15.0. The molecule has 26 heavy (non-hydrogen) atoms. The summed E-state index contributed by atoms with van der Waals surface area (Å²) in [5.74, 6) is -0.174. The molecule has 1 aliphatic heterocycles. The molecule has 0 saturated carbocycles. The van der Waals surface area contributed by atoms with Crippen LogP contribution < -0.4 is 0 Å². The molecule has 1 aliphatic rings. The van der Waals surface area contributed by atoms with E-state index in [-0.39, 0.29) is 19.0 Å². The van der Waals surface area contributed by atoms with Gasteiger partial charge in [0.05, 0.1) is 35.5 Å². The van der Waals surface area contributed by atoms with Crippen molar-refractivity contribution in [3.8, 4) is 0 Å². The molecule has 4 nitrogen and oxygen atoms in total. The van der Waals surface area contributed by atoms with Gasteiger partial charge in [0.15, 0.2) is 5.67 Å². The quantitative estimate of drug-likeness (QED) is 0.705. The summed E-state index contributed by atoms with van der Waals surface area (Å²) in [6.45, 7) is 5.92. The molecule has 2 aromatic carbocycles. The summed E-state index contributed by atoms with van der Waals surface area (Å²) in [4.78, 5) is 23.2. The molecule has 0 unspecified atom stereocenters. The number of hydrogen-bond donors (Lipinski definition) is 0. The molecular formula is C21H20FN3O. The number of alkyl halides is 1. The van der Waals surface area contributed by atoms with E-state index in [1.165, 1.54) is 4.90 Å². The van der Waals surface area contributed by atoms with Crippen LogP contribution in [-0.2, 0) is 5.67 Å². The van der Waals surface area contributed by atoms with Crippen molar-refractivity contribution >= 4 is 16.9 Å². The van der Waals surface area contributed by atoms with Crippen LogP contribution in [0.3, 0.4) is 0 Å². The first-order valence-electron chi connectivity index (χ1n) is 8.66. The molecule has 3 aromatic rings. The summed E-state index contributed by atoms with van der Waals surface area (Å²) in [5, 5.41) is 0. The maximum atomic E-state index is 15.0. The smallest absolute Gasteiger partial charge is 0.254 e. The van der Waals surface area contributed by atoms with Gasteiger partial charge in [-0.05, 0) is 44.5 Å². The van der Waals surface area contributed by atoms with Gasteiger partial charge < -0.3 is 4.90 Å². The third-order valence-corrected chi connectivity index (χ3v) is 5.06. The molecule has 0 radical (unpaired) electrons. The molecule has 1 fully saturated rings. The van der Waals surface area contributed by atoms with Gasteiger partial charge in [0.1, 0.15) is 0 Å². The molecule has 5 heteroatoms. The van der Waals surface area contributed by atoms with Crippen molar-refractivity contribution in [2.75, 3.05) is 13.1 Å². The van der Waals surface area contributed by atoms with Crippen molar-refractivity contribution in [1.29, 1.82) is 0 Å². The van der Waals surface area contributed by atoms with E-state index in [4.69, 9.17) is 0 Å². The second-order valence-electron chi connectivity index (χ2n) is 7.09. The first kappa shape index (κ1) is 16.6. The van der Waals surface area contributed by atoms with Gasteiger partial charge in [-0.2, -0.15) is 0 Å². The maximum Gasteiger partial charge on any atom is 0.254 e. The number of halogens is 1. The highest BCUT2D eigenvalue weighted by atomic mass is 19.1. The van der Waals surface area contributed by atoms with Crippen LogP contribution >= 0.6 is 0 Å². The lowest BCUT2D eigenvalue weighted by Gasteiger charge is -2.44. The van der Waals surface area contributed by atoms with E-state index in [1.54, 1.807) is 30.3 Å². The Balaban J connectivity index is 1.55. The predicted molar refractivity (Wildman–Crippen MR) is 98.9 cm³/mol. The second-order valence-corrected chi connectivity index (χ2v) is 7.09. The number of nitrogens with zero attached hydrogens (tertiary/aromatic N) is 3. The molecule has 4 rings (SSSR count). The molecule has 0 bridgehead atoms. The summed E-state index contributed by atoms with van der Waals surface area (Å²) >= 11 is 0. The van der Waals surface area contributed by atoms with Gasteiger partial charge >= 0.3 is 0 Å². The Morgan fingerprint density at radius 2 is 1.58 bits per heavy atom. The zero-order chi connectivity index (χ0) is 18.5. The molecule has 1 amide bonds. The lowest BCUT2D eigenvalue weighted by atomic mass is 9.87. The molecule has 1 saturated heterocycles. The number of rotatable bonds is 2. The van der Waals surface area contributed by atoms with Crippen molar-refractivity contribution in [2.24, 2.45) is 0 Å². The first-order chi connectivity index (χ1) is 12.4. The van der Waals surface area contributed by atoms with E-state index >= 15 is 4.39 Å². The number of fused-ring (bicyclic) bond motifs is 1. The fourth-order valence-corrected chi connectivity index (χ4v) is 3.28. The van der Waals surface area contributed by atoms with Gasteiger partial charge in [-0.1, -0.05) is 29.8 Å². The van der Waals surface area contributed by atoms with Gasteiger partial charge in [-0.15, -0.1) is 0 Å². The number of carbonyl (C=O) groups excluding carboxylic acids is 1. The highest BCUT2D eigenvalue weighted by molar-refractivity contribution is 5.98. The largest absolute Gasteiger partial charge is 0.331 e. The molecular weight excluding hydrogens is 329 g/mol. The van der Waals surface area contributed by atoms with E-state index in [0.29, 0.717) is 16.6 Å². The van der Waals surface area contributed by atoms with Crippen molar-refractivity contribution in [3.05, 3.63) is 70.5 Å². The molecule has 0 aliphatic carbocycles. The minimum absolute atomic E-state index is 0.0749. The van der Waals surface area contributed by atoms with Crippen LogP contribution in [0.25, 0.3) is 11.0 Å². The summed E-state index contributed by atoms with van der Waals surface area (Å²) in [6.07, 6.45) is 0. The Morgan fingerprint density at radius 3 is 2.23 bits per heavy atom. The highest BCUT2D eigenvalue weighted by Crippen LogP contribution is 2.37. The van der Waals surface area contributed by atoms with Crippen molar-refractivity contribution in [2.45, 2.75) is 26.4 Å². The summed E-state index contributed by atoms with van der Waals surface area (Å²) in [5.41, 5.74) is 3.93. The predicted octanol–water partition coefficient (Wildman–Crippen LogP) is 3.88. The van der Waals surface area contributed by atoms with Crippen LogP contribution in [0.15, 0.2) is 42.5 Å². The van der Waals surface area contributed by atoms with Crippen LogP contribution in [-0.4, -0.2) is 33.9 Å². The zero-order valence-electron chi connectivity index (χ0n) is 15.1. The third kappa shape index (κ3) is 2.73. The third-order valence-electron chi connectivity index (χ3n) is 5.06. The summed E-state index contributed by atoms with van der Waals surface area (Å²) in [7, 11) is 0. The monoisotopic (exact) mass is 349 g/mol. The van der Waals surface area contributed by atoms with E-state index in [0.717, 1.165) is 22.5 Å². The number of likely N-dealkylation sites (tertiary alicyclic amines) is 1. The number of carbonyl (C=O) groups is 1. The van der Waals surface area contributed by atoms with Crippen molar-refractivity contribution < 1.29 is 9.18 Å². The van der Waals surface area contributed by atoms with Crippen LogP contribution in [0.4, 0.5) is 4.39 Å². The molecule has 2 heterocycles. The van der Waals surface area contributed by atoms with Crippen LogP contribution in [0.1, 0.15) is 32.9 Å². The SMILES string of the molecule is Cc1ccc(C2(F)CN(C(=O)c3ccc4nc(C)c(C)nc4c3)C2)cc1. The van der Waals surface area contributed by atoms with Crippen LogP contribution in [0.5, 0.6) is 0 Å². The van der Waals surface area contributed by atoms with E-state index in [1.807, 2.05) is 32.9 Å². The van der Waals surface area contributed by atoms with Gasteiger partial charge in [-0.25, -0.2) is 14.4 Å². The Morgan fingerprint density at radius 1 is 0.962 bits per heavy atom. The Hall–Kier alpha value is -2.82. The molecule has 0 N–H and O–H groups in total. The van der Waals surface area contributed by atoms with Gasteiger partial charge in [0.25, 0.3) is 5.91 Å². The lowest BCUT2D eigenvalue weighted by Crippen LogP contribution is -2.58. The van der Waals surface area contributed by atoms with Crippen molar-refractivity contribution in [1.82, 2.24) is 14.9 Å². The van der Waals surface area contributed by atoms with Crippen molar-refractivity contribution in [3.63, 3.8) is 0 Å². The summed E-state index contributed by atoms with van der Waals surface area (Å²) in [6, 6.07) is 12.7. The average molecular weight is 349 g/mol. The number of aryl methyl sites for hydroxylation is 3. The normalized spacial score (nSPS) is 15.8. The number of benzene rings is 2. The minimum atomic E-state index is -1.46. The van der Waals surface area contributed by atoms with Crippen LogP contribution in [0, 0.1) is 20.8 Å². The van der Waals surface area contributed by atoms with E-state index < -0.39 is 5.67 Å². The number of amides is 1. The molecule has 1 aromatic heterocycles. The van der Waals surface area contributed by atoms with Gasteiger partial charge in [0.2, 0.25) is 0 Å². The topological polar surface area (TPSA) is 46.1 Å². The minimum Gasteiger partial charge on any atom is -0.331 e. The van der Waals surface area contributed by atoms with E-state index in [2.05, 4.69) is 9.97 Å². The second kappa shape index (κ2) is 5.87. The molecule has 0 atom stereocenters. The van der Waals surface area contributed by atoms with Gasteiger partial charge in [0, 0.05) is 5.56 Å². The fourth-order valence-electron chi connectivity index (χ4n) is 3.28. The first-order valence-corrected chi connectivity index (χ1v) is 8.66. The number of aromatic nitrogens is 2. The fraction of sp³-hybridized carbons (Fsp3) is 0.286. The Labute approximate surface area is 151 Å². The number of hydrogen-bond acceptors (Lipinski definition) is 3. The van der Waals surface area contributed by atoms with Gasteiger partial charge in [-0.3, -0.25) is 4.79 Å². The molecule has 132 valence electrons. The van der Waals surface area contributed by atoms with Crippen LogP contribution in [0.2, 0.25) is 0 Å². The Kier molecular flexibility index (Phi) is 3.75. The van der Waals surface area contributed by atoms with E-state index in [9.17, 15) is 4.79 Å². The Bertz CT molecular complexity index is 1010. The average Bonchev–Trinajstić information content (AvgIpc) is 2.59. The lowest BCUT2D eigenvalue weighted by molar-refractivity contribution is -0.0231.